The average molecular weight is 509 g/mol. The Morgan fingerprint density at radius 1 is 1.09 bits per heavy atom. The fraction of sp³-hybridized carbons (Fsp3) is 0.591. The second kappa shape index (κ2) is 11.0. The van der Waals surface area contributed by atoms with Crippen molar-refractivity contribution < 1.29 is 19.1 Å². The Hall–Kier alpha value is -1.98. The van der Waals surface area contributed by atoms with Gasteiger partial charge in [0.2, 0.25) is 16.9 Å². The zero-order valence-electron chi connectivity index (χ0n) is 18.8. The molecule has 0 bridgehead atoms. The standard InChI is InChI=1S/C22H28N4O4S3/c1-3-30-20(29)16-14-10-6-7-11-15(14)32-19(16)23-17(27)12(2)31-22-26-25-21(33-22)24-18(28)13-8-4-5-9-13/h12-13H,3-11H2,1-2H3,(H,23,27)(H,24,25,28). The van der Waals surface area contributed by atoms with Gasteiger partial charge in [-0.3, -0.25) is 9.59 Å². The normalized spacial score (nSPS) is 16.8. The molecule has 178 valence electrons. The predicted molar refractivity (Wildman–Crippen MR) is 131 cm³/mol. The first-order valence-corrected chi connectivity index (χ1v) is 13.9. The Morgan fingerprint density at radius 2 is 1.85 bits per heavy atom. The number of hydrogen-bond donors (Lipinski definition) is 2. The van der Waals surface area contributed by atoms with Crippen LogP contribution in [0.1, 0.15) is 73.2 Å². The maximum atomic E-state index is 12.9. The molecule has 2 amide bonds. The van der Waals surface area contributed by atoms with Crippen LogP contribution in [0.5, 0.6) is 0 Å². The summed E-state index contributed by atoms with van der Waals surface area (Å²) in [6.45, 7) is 3.86. The summed E-state index contributed by atoms with van der Waals surface area (Å²) < 4.78 is 5.87. The van der Waals surface area contributed by atoms with Crippen molar-refractivity contribution in [2.45, 2.75) is 74.8 Å². The number of carbonyl (C=O) groups excluding carboxylic acids is 3. The fourth-order valence-corrected chi connectivity index (χ4v) is 7.37. The topological polar surface area (TPSA) is 110 Å². The third-order valence-corrected chi connectivity index (χ3v) is 9.13. The lowest BCUT2D eigenvalue weighted by Gasteiger charge is -2.13. The summed E-state index contributed by atoms with van der Waals surface area (Å²) in [6.07, 6.45) is 7.90. The molecule has 4 rings (SSSR count). The van der Waals surface area contributed by atoms with E-state index in [0.717, 1.165) is 61.8 Å². The van der Waals surface area contributed by atoms with Crippen LogP contribution in [-0.2, 0) is 27.2 Å². The van der Waals surface area contributed by atoms with Gasteiger partial charge < -0.3 is 15.4 Å². The predicted octanol–water partition coefficient (Wildman–Crippen LogP) is 4.90. The third kappa shape index (κ3) is 5.75. The Kier molecular flexibility index (Phi) is 8.02. The van der Waals surface area contributed by atoms with Gasteiger partial charge >= 0.3 is 5.97 Å². The molecular weight excluding hydrogens is 480 g/mol. The highest BCUT2D eigenvalue weighted by Gasteiger charge is 2.29. The van der Waals surface area contributed by atoms with Crippen LogP contribution in [0, 0.1) is 5.92 Å². The summed E-state index contributed by atoms with van der Waals surface area (Å²) in [5.74, 6) is -0.533. The van der Waals surface area contributed by atoms with E-state index in [9.17, 15) is 14.4 Å². The lowest BCUT2D eigenvalue weighted by atomic mass is 9.95. The van der Waals surface area contributed by atoms with E-state index < -0.39 is 5.25 Å². The summed E-state index contributed by atoms with van der Waals surface area (Å²) in [5, 5.41) is 14.5. The van der Waals surface area contributed by atoms with Crippen molar-refractivity contribution in [1.82, 2.24) is 10.2 Å². The maximum absolute atomic E-state index is 12.9. The number of aryl methyl sites for hydroxylation is 1. The minimum absolute atomic E-state index is 0.000788. The van der Waals surface area contributed by atoms with Gasteiger partial charge in [-0.15, -0.1) is 21.5 Å². The second-order valence-electron chi connectivity index (χ2n) is 8.23. The number of nitrogens with zero attached hydrogens (tertiary/aromatic N) is 2. The fourth-order valence-electron chi connectivity index (χ4n) is 4.19. The number of ether oxygens (including phenoxy) is 1. The highest BCUT2D eigenvalue weighted by Crippen LogP contribution is 2.39. The molecule has 1 atom stereocenters. The van der Waals surface area contributed by atoms with Crippen LogP contribution >= 0.6 is 34.4 Å². The number of hydrogen-bond acceptors (Lipinski definition) is 9. The number of thioether (sulfide) groups is 1. The minimum Gasteiger partial charge on any atom is -0.462 e. The van der Waals surface area contributed by atoms with Gasteiger partial charge in [0.15, 0.2) is 4.34 Å². The lowest BCUT2D eigenvalue weighted by molar-refractivity contribution is -0.119. The molecule has 1 saturated carbocycles. The van der Waals surface area contributed by atoms with E-state index in [0.29, 0.717) is 26.6 Å². The minimum atomic E-state index is -0.453. The van der Waals surface area contributed by atoms with Crippen molar-refractivity contribution in [3.05, 3.63) is 16.0 Å². The number of amides is 2. The first-order chi connectivity index (χ1) is 16.0. The van der Waals surface area contributed by atoms with E-state index >= 15 is 0 Å². The van der Waals surface area contributed by atoms with Crippen LogP contribution in [0.2, 0.25) is 0 Å². The van der Waals surface area contributed by atoms with E-state index in [-0.39, 0.29) is 23.7 Å². The van der Waals surface area contributed by atoms with E-state index in [4.69, 9.17) is 4.74 Å². The number of rotatable bonds is 8. The molecule has 0 radical (unpaired) electrons. The van der Waals surface area contributed by atoms with Crippen LogP contribution in [-0.4, -0.2) is 39.8 Å². The second-order valence-corrected chi connectivity index (χ2v) is 11.9. The summed E-state index contributed by atoms with van der Waals surface area (Å²) >= 11 is 4.02. The smallest absolute Gasteiger partial charge is 0.341 e. The molecule has 0 aliphatic heterocycles. The monoisotopic (exact) mass is 508 g/mol. The summed E-state index contributed by atoms with van der Waals surface area (Å²) in [4.78, 5) is 39.0. The Balaban J connectivity index is 1.39. The molecule has 0 aromatic carbocycles. The Bertz CT molecular complexity index is 1030. The highest BCUT2D eigenvalue weighted by atomic mass is 32.2. The molecule has 2 aromatic rings. The first-order valence-electron chi connectivity index (χ1n) is 11.4. The molecule has 1 unspecified atom stereocenters. The van der Waals surface area contributed by atoms with E-state index in [1.807, 2.05) is 0 Å². The molecule has 1 fully saturated rings. The number of fused-ring (bicyclic) bond motifs is 1. The summed E-state index contributed by atoms with van der Waals surface area (Å²) in [5.41, 5.74) is 1.53. The Morgan fingerprint density at radius 3 is 2.61 bits per heavy atom. The van der Waals surface area contributed by atoms with Crippen molar-refractivity contribution in [3.63, 3.8) is 0 Å². The third-order valence-electron chi connectivity index (χ3n) is 5.90. The average Bonchev–Trinajstić information content (AvgIpc) is 3.53. The van der Waals surface area contributed by atoms with Crippen molar-refractivity contribution >= 4 is 62.4 Å². The van der Waals surface area contributed by atoms with Crippen LogP contribution in [0.25, 0.3) is 0 Å². The van der Waals surface area contributed by atoms with Crippen LogP contribution in [0.4, 0.5) is 10.1 Å². The molecule has 11 heteroatoms. The zero-order chi connectivity index (χ0) is 23.4. The van der Waals surface area contributed by atoms with E-state index in [1.54, 1.807) is 13.8 Å². The number of nitrogens with one attached hydrogen (secondary N) is 2. The van der Waals surface area contributed by atoms with Gasteiger partial charge in [0, 0.05) is 10.8 Å². The van der Waals surface area contributed by atoms with Crippen molar-refractivity contribution in [3.8, 4) is 0 Å². The van der Waals surface area contributed by atoms with Gasteiger partial charge in [0.05, 0.1) is 17.4 Å². The molecule has 2 aliphatic carbocycles. The van der Waals surface area contributed by atoms with Crippen LogP contribution in [0.15, 0.2) is 4.34 Å². The van der Waals surface area contributed by atoms with Crippen LogP contribution < -0.4 is 10.6 Å². The van der Waals surface area contributed by atoms with Crippen LogP contribution in [0.3, 0.4) is 0 Å². The first kappa shape index (κ1) is 24.2. The zero-order valence-corrected chi connectivity index (χ0v) is 21.2. The molecule has 2 aliphatic rings. The largest absolute Gasteiger partial charge is 0.462 e. The van der Waals surface area contributed by atoms with Gasteiger partial charge in [-0.1, -0.05) is 35.9 Å². The van der Waals surface area contributed by atoms with Gasteiger partial charge in [0.25, 0.3) is 0 Å². The molecule has 2 heterocycles. The molecule has 33 heavy (non-hydrogen) atoms. The van der Waals surface area contributed by atoms with Gasteiger partial charge in [-0.05, 0) is 57.9 Å². The Labute approximate surface area is 205 Å². The van der Waals surface area contributed by atoms with Gasteiger partial charge in [-0.2, -0.15) is 0 Å². The van der Waals surface area contributed by atoms with E-state index in [2.05, 4.69) is 20.8 Å². The number of anilines is 2. The molecule has 8 nitrogen and oxygen atoms in total. The maximum Gasteiger partial charge on any atom is 0.341 e. The summed E-state index contributed by atoms with van der Waals surface area (Å²) in [6, 6.07) is 0. The number of thiophene rings is 1. The molecule has 0 spiro atoms. The lowest BCUT2D eigenvalue weighted by Crippen LogP contribution is -2.23. The molecular formula is C22H28N4O4S3. The molecule has 2 N–H and O–H groups in total. The van der Waals surface area contributed by atoms with Gasteiger partial charge in [0.1, 0.15) is 5.00 Å². The summed E-state index contributed by atoms with van der Waals surface area (Å²) in [7, 11) is 0. The highest BCUT2D eigenvalue weighted by molar-refractivity contribution is 8.02. The number of esters is 1. The SMILES string of the molecule is CCOC(=O)c1c(NC(=O)C(C)Sc2nnc(NC(=O)C3CCCC3)s2)sc2c1CCCC2. The number of carbonyl (C=O) groups is 3. The van der Waals surface area contributed by atoms with Gasteiger partial charge in [-0.25, -0.2) is 4.79 Å². The van der Waals surface area contributed by atoms with Crippen molar-refractivity contribution in [1.29, 1.82) is 0 Å². The van der Waals surface area contributed by atoms with Crippen molar-refractivity contribution in [2.75, 3.05) is 17.2 Å². The van der Waals surface area contributed by atoms with E-state index in [1.165, 1.54) is 34.4 Å². The molecule has 0 saturated heterocycles. The quantitative estimate of drug-likeness (QED) is 0.296. The van der Waals surface area contributed by atoms with Crippen molar-refractivity contribution in [2.24, 2.45) is 5.92 Å². The molecule has 2 aromatic heterocycles. The number of aromatic nitrogens is 2.